The third kappa shape index (κ3) is 5.48. The highest BCUT2D eigenvalue weighted by atomic mass is 16.5. The number of aliphatic hydroxyl groups excluding tert-OH is 1. The summed E-state index contributed by atoms with van der Waals surface area (Å²) in [6, 6.07) is 7.22. The van der Waals surface area contributed by atoms with E-state index < -0.39 is 0 Å². The van der Waals surface area contributed by atoms with Crippen LogP contribution < -0.4 is 10.5 Å². The number of anilines is 1. The second-order valence-electron chi connectivity index (χ2n) is 4.93. The highest BCUT2D eigenvalue weighted by molar-refractivity contribution is 5.76. The van der Waals surface area contributed by atoms with Gasteiger partial charge in [0.1, 0.15) is 5.75 Å². The van der Waals surface area contributed by atoms with Gasteiger partial charge in [0.25, 0.3) is 0 Å². The van der Waals surface area contributed by atoms with Crippen molar-refractivity contribution in [3.8, 4) is 5.75 Å². The molecule has 0 spiro atoms. The Kier molecular flexibility index (Phi) is 6.87. The molecule has 0 saturated heterocycles. The van der Waals surface area contributed by atoms with Gasteiger partial charge in [0.2, 0.25) is 5.91 Å². The van der Waals surface area contributed by atoms with Crippen LogP contribution in [0, 0.1) is 0 Å². The Morgan fingerprint density at radius 3 is 2.55 bits per heavy atom. The Balaban J connectivity index is 2.38. The molecule has 0 aliphatic heterocycles. The van der Waals surface area contributed by atoms with E-state index >= 15 is 0 Å². The number of amides is 1. The zero-order valence-corrected chi connectivity index (χ0v) is 12.2. The van der Waals surface area contributed by atoms with E-state index in [1.165, 1.54) is 0 Å². The first kappa shape index (κ1) is 16.3. The molecule has 0 saturated carbocycles. The van der Waals surface area contributed by atoms with Gasteiger partial charge in [-0.3, -0.25) is 4.79 Å². The number of carbonyl (C=O) groups is 1. The van der Waals surface area contributed by atoms with Crippen LogP contribution >= 0.6 is 0 Å². The number of nitrogens with two attached hydrogens (primary N) is 1. The summed E-state index contributed by atoms with van der Waals surface area (Å²) < 4.78 is 5.51. The van der Waals surface area contributed by atoms with Gasteiger partial charge in [0.05, 0.1) is 13.0 Å². The second-order valence-corrected chi connectivity index (χ2v) is 4.93. The molecule has 0 heterocycles. The largest absolute Gasteiger partial charge is 0.493 e. The molecule has 0 unspecified atom stereocenters. The summed E-state index contributed by atoms with van der Waals surface area (Å²) in [4.78, 5) is 13.8. The first-order valence-corrected chi connectivity index (χ1v) is 6.93. The molecule has 5 heteroatoms. The molecule has 1 aromatic rings. The first-order valence-electron chi connectivity index (χ1n) is 6.93. The van der Waals surface area contributed by atoms with Crippen LogP contribution in [0.1, 0.15) is 26.7 Å². The summed E-state index contributed by atoms with van der Waals surface area (Å²) in [5, 5.41) is 8.85. The van der Waals surface area contributed by atoms with E-state index in [9.17, 15) is 4.79 Å². The Hall–Kier alpha value is -1.75. The lowest BCUT2D eigenvalue weighted by atomic mass is 10.2. The normalized spacial score (nSPS) is 10.6. The van der Waals surface area contributed by atoms with Gasteiger partial charge < -0.3 is 20.5 Å². The lowest BCUT2D eigenvalue weighted by Crippen LogP contribution is -2.38. The number of benzene rings is 1. The Bertz CT molecular complexity index is 404. The zero-order valence-electron chi connectivity index (χ0n) is 12.2. The van der Waals surface area contributed by atoms with E-state index in [2.05, 4.69) is 0 Å². The molecule has 3 N–H and O–H groups in total. The molecule has 1 aromatic carbocycles. The molecule has 0 fully saturated rings. The average molecular weight is 280 g/mol. The fourth-order valence-electron chi connectivity index (χ4n) is 1.88. The third-order valence-electron chi connectivity index (χ3n) is 2.97. The molecule has 0 aliphatic rings. The van der Waals surface area contributed by atoms with E-state index in [0.29, 0.717) is 37.4 Å². The molecule has 0 bridgehead atoms. The number of hydrogen-bond acceptors (Lipinski definition) is 4. The number of rotatable bonds is 8. The second kappa shape index (κ2) is 8.43. The molecule has 112 valence electrons. The van der Waals surface area contributed by atoms with Gasteiger partial charge in [-0.15, -0.1) is 0 Å². The van der Waals surface area contributed by atoms with E-state index in [0.717, 1.165) is 0 Å². The number of ether oxygens (including phenoxy) is 1. The summed E-state index contributed by atoms with van der Waals surface area (Å²) in [6.45, 7) is 4.95. The SMILES string of the molecule is CC(C)N(CCCO)C(=O)CCOc1ccc(N)cc1. The van der Waals surface area contributed by atoms with Crippen LogP contribution in [-0.4, -0.2) is 41.7 Å². The van der Waals surface area contributed by atoms with Gasteiger partial charge in [0.15, 0.2) is 0 Å². The highest BCUT2D eigenvalue weighted by Crippen LogP contribution is 2.13. The number of nitrogen functional groups attached to an aromatic ring is 1. The number of hydrogen-bond donors (Lipinski definition) is 2. The smallest absolute Gasteiger partial charge is 0.226 e. The van der Waals surface area contributed by atoms with Crippen LogP contribution in [0.4, 0.5) is 5.69 Å². The van der Waals surface area contributed by atoms with Crippen LogP contribution in [0.15, 0.2) is 24.3 Å². The summed E-state index contributed by atoms with van der Waals surface area (Å²) in [7, 11) is 0. The van der Waals surface area contributed by atoms with E-state index in [4.69, 9.17) is 15.6 Å². The monoisotopic (exact) mass is 280 g/mol. The molecule has 0 atom stereocenters. The van der Waals surface area contributed by atoms with Crippen molar-refractivity contribution in [3.05, 3.63) is 24.3 Å². The maximum Gasteiger partial charge on any atom is 0.226 e. The van der Waals surface area contributed by atoms with Crippen molar-refractivity contribution in [2.45, 2.75) is 32.7 Å². The fraction of sp³-hybridized carbons (Fsp3) is 0.533. The summed E-state index contributed by atoms with van der Waals surface area (Å²) in [6.07, 6.45) is 0.927. The molecular formula is C15H24N2O3. The molecule has 0 radical (unpaired) electrons. The molecule has 0 aliphatic carbocycles. The third-order valence-corrected chi connectivity index (χ3v) is 2.97. The predicted molar refractivity (Wildman–Crippen MR) is 79.5 cm³/mol. The summed E-state index contributed by atoms with van der Waals surface area (Å²) in [5.41, 5.74) is 6.27. The Morgan fingerprint density at radius 2 is 2.00 bits per heavy atom. The van der Waals surface area contributed by atoms with Crippen molar-refractivity contribution in [1.29, 1.82) is 0 Å². The van der Waals surface area contributed by atoms with Crippen LogP contribution in [0.3, 0.4) is 0 Å². The zero-order chi connectivity index (χ0) is 15.0. The minimum Gasteiger partial charge on any atom is -0.493 e. The van der Waals surface area contributed by atoms with Crippen molar-refractivity contribution >= 4 is 11.6 Å². The van der Waals surface area contributed by atoms with Crippen molar-refractivity contribution in [2.75, 3.05) is 25.5 Å². The first-order chi connectivity index (χ1) is 9.54. The molecule has 20 heavy (non-hydrogen) atoms. The van der Waals surface area contributed by atoms with Gasteiger partial charge in [-0.1, -0.05) is 0 Å². The Labute approximate surface area is 120 Å². The van der Waals surface area contributed by atoms with Crippen LogP contribution in [0.2, 0.25) is 0 Å². The van der Waals surface area contributed by atoms with Crippen molar-refractivity contribution in [3.63, 3.8) is 0 Å². The van der Waals surface area contributed by atoms with E-state index in [-0.39, 0.29) is 18.6 Å². The molecule has 1 rings (SSSR count). The van der Waals surface area contributed by atoms with Crippen molar-refractivity contribution in [2.24, 2.45) is 0 Å². The minimum atomic E-state index is 0.0453. The van der Waals surface area contributed by atoms with Gasteiger partial charge in [-0.25, -0.2) is 0 Å². The van der Waals surface area contributed by atoms with Gasteiger partial charge >= 0.3 is 0 Å². The predicted octanol–water partition coefficient (Wildman–Crippen LogP) is 1.66. The minimum absolute atomic E-state index is 0.0453. The standard InChI is InChI=1S/C15H24N2O3/c1-12(2)17(9-3-10-18)15(19)8-11-20-14-6-4-13(16)5-7-14/h4-7,12,18H,3,8-11,16H2,1-2H3. The lowest BCUT2D eigenvalue weighted by molar-refractivity contribution is -0.133. The van der Waals surface area contributed by atoms with E-state index in [1.807, 2.05) is 13.8 Å². The van der Waals surface area contributed by atoms with Gasteiger partial charge in [0, 0.05) is 24.9 Å². The maximum atomic E-state index is 12.1. The summed E-state index contributed by atoms with van der Waals surface area (Å²) >= 11 is 0. The number of carbonyl (C=O) groups excluding carboxylic acids is 1. The maximum absolute atomic E-state index is 12.1. The quantitative estimate of drug-likeness (QED) is 0.710. The molecular weight excluding hydrogens is 256 g/mol. The van der Waals surface area contributed by atoms with Gasteiger partial charge in [-0.2, -0.15) is 0 Å². The topological polar surface area (TPSA) is 75.8 Å². The van der Waals surface area contributed by atoms with E-state index in [1.54, 1.807) is 29.2 Å². The van der Waals surface area contributed by atoms with Gasteiger partial charge in [-0.05, 0) is 44.5 Å². The summed E-state index contributed by atoms with van der Waals surface area (Å²) in [5.74, 6) is 0.752. The highest BCUT2D eigenvalue weighted by Gasteiger charge is 2.16. The number of aliphatic hydroxyl groups is 1. The number of nitrogens with zero attached hydrogens (tertiary/aromatic N) is 1. The van der Waals surface area contributed by atoms with Crippen molar-refractivity contribution < 1.29 is 14.6 Å². The van der Waals surface area contributed by atoms with Crippen LogP contribution in [-0.2, 0) is 4.79 Å². The lowest BCUT2D eigenvalue weighted by Gasteiger charge is -2.26. The van der Waals surface area contributed by atoms with Crippen molar-refractivity contribution in [1.82, 2.24) is 4.90 Å². The Morgan fingerprint density at radius 1 is 1.35 bits per heavy atom. The average Bonchev–Trinajstić information content (AvgIpc) is 2.41. The molecule has 1 amide bonds. The molecule has 5 nitrogen and oxygen atoms in total. The van der Waals surface area contributed by atoms with Crippen LogP contribution in [0.5, 0.6) is 5.75 Å². The fourth-order valence-corrected chi connectivity index (χ4v) is 1.88. The molecule has 0 aromatic heterocycles. The van der Waals surface area contributed by atoms with Crippen LogP contribution in [0.25, 0.3) is 0 Å².